The van der Waals surface area contributed by atoms with Gasteiger partial charge in [0.2, 0.25) is 0 Å². The maximum absolute atomic E-state index is 12.7. The summed E-state index contributed by atoms with van der Waals surface area (Å²) >= 11 is 0. The van der Waals surface area contributed by atoms with Crippen molar-refractivity contribution in [3.05, 3.63) is 35.4 Å². The largest absolute Gasteiger partial charge is 0.462 e. The lowest BCUT2D eigenvalue weighted by molar-refractivity contribution is 0.0258. The highest BCUT2D eigenvalue weighted by Crippen LogP contribution is 2.22. The monoisotopic (exact) mass is 416 g/mol. The lowest BCUT2D eigenvalue weighted by atomic mass is 10.1. The van der Waals surface area contributed by atoms with E-state index in [2.05, 4.69) is 6.92 Å². The molecule has 2 rings (SSSR count). The van der Waals surface area contributed by atoms with Gasteiger partial charge in [-0.05, 0) is 44.2 Å². The SMILES string of the molecule is CCCCCCCCCCCOC(=O)c1ccccc1C(=O)OC1CCCCCC1. The van der Waals surface area contributed by atoms with Gasteiger partial charge in [0.15, 0.2) is 0 Å². The second kappa shape index (κ2) is 15.0. The Balaban J connectivity index is 1.71. The molecule has 1 aromatic carbocycles. The van der Waals surface area contributed by atoms with Crippen LogP contribution in [0.4, 0.5) is 0 Å². The van der Waals surface area contributed by atoms with Crippen LogP contribution in [0.15, 0.2) is 24.3 Å². The maximum atomic E-state index is 12.7. The molecule has 0 radical (unpaired) electrons. The molecule has 0 bridgehead atoms. The van der Waals surface area contributed by atoms with Crippen molar-refractivity contribution in [2.45, 2.75) is 109 Å². The predicted molar refractivity (Wildman–Crippen MR) is 121 cm³/mol. The number of carbonyl (C=O) groups is 2. The van der Waals surface area contributed by atoms with Crippen LogP contribution in [0.25, 0.3) is 0 Å². The van der Waals surface area contributed by atoms with Crippen molar-refractivity contribution >= 4 is 11.9 Å². The highest BCUT2D eigenvalue weighted by atomic mass is 16.5. The molecule has 0 N–H and O–H groups in total. The van der Waals surface area contributed by atoms with E-state index < -0.39 is 11.9 Å². The number of hydrogen-bond donors (Lipinski definition) is 0. The van der Waals surface area contributed by atoms with Gasteiger partial charge in [0.1, 0.15) is 6.10 Å². The summed E-state index contributed by atoms with van der Waals surface area (Å²) in [5.74, 6) is -0.833. The molecule has 1 saturated carbocycles. The van der Waals surface area contributed by atoms with Crippen molar-refractivity contribution in [3.63, 3.8) is 0 Å². The van der Waals surface area contributed by atoms with Crippen LogP contribution in [0.1, 0.15) is 124 Å². The van der Waals surface area contributed by atoms with Crippen molar-refractivity contribution in [1.29, 1.82) is 0 Å². The molecule has 1 aromatic rings. The first-order valence-electron chi connectivity index (χ1n) is 12.2. The molecule has 0 aromatic heterocycles. The van der Waals surface area contributed by atoms with Crippen LogP contribution in [0.3, 0.4) is 0 Å². The summed E-state index contributed by atoms with van der Waals surface area (Å²) < 4.78 is 11.1. The van der Waals surface area contributed by atoms with E-state index in [1.165, 1.54) is 57.8 Å². The highest BCUT2D eigenvalue weighted by Gasteiger charge is 2.22. The van der Waals surface area contributed by atoms with Crippen molar-refractivity contribution in [3.8, 4) is 0 Å². The minimum absolute atomic E-state index is 0.0361. The van der Waals surface area contributed by atoms with E-state index in [0.29, 0.717) is 17.7 Å². The topological polar surface area (TPSA) is 52.6 Å². The fraction of sp³-hybridized carbons (Fsp3) is 0.692. The van der Waals surface area contributed by atoms with Crippen LogP contribution in [0.5, 0.6) is 0 Å². The molecule has 0 heterocycles. The van der Waals surface area contributed by atoms with Crippen molar-refractivity contribution in [2.75, 3.05) is 6.61 Å². The second-order valence-electron chi connectivity index (χ2n) is 8.53. The smallest absolute Gasteiger partial charge is 0.339 e. The molecule has 0 saturated heterocycles. The number of rotatable bonds is 13. The van der Waals surface area contributed by atoms with Gasteiger partial charge >= 0.3 is 11.9 Å². The zero-order valence-corrected chi connectivity index (χ0v) is 18.8. The van der Waals surface area contributed by atoms with Crippen LogP contribution in [0.2, 0.25) is 0 Å². The Kier molecular flexibility index (Phi) is 12.2. The third kappa shape index (κ3) is 9.32. The first-order valence-corrected chi connectivity index (χ1v) is 12.2. The van der Waals surface area contributed by atoms with E-state index in [4.69, 9.17) is 9.47 Å². The molecular formula is C26H40O4. The average Bonchev–Trinajstić information content (AvgIpc) is 3.03. The van der Waals surface area contributed by atoms with Crippen molar-refractivity contribution in [1.82, 2.24) is 0 Å². The van der Waals surface area contributed by atoms with Crippen LogP contribution in [-0.4, -0.2) is 24.6 Å². The fourth-order valence-electron chi connectivity index (χ4n) is 4.07. The van der Waals surface area contributed by atoms with Gasteiger partial charge in [-0.3, -0.25) is 0 Å². The standard InChI is InChI=1S/C26H40O4/c1-2-3-4-5-6-7-8-11-16-21-29-25(27)23-19-14-15-20-24(23)26(28)30-22-17-12-9-10-13-18-22/h14-15,19-20,22H,2-13,16-18,21H2,1H3. The zero-order chi connectivity index (χ0) is 21.4. The number of carbonyl (C=O) groups excluding carboxylic acids is 2. The molecule has 168 valence electrons. The Morgan fingerprint density at radius 2 is 1.30 bits per heavy atom. The quantitative estimate of drug-likeness (QED) is 0.193. The average molecular weight is 417 g/mol. The Hall–Kier alpha value is -1.84. The minimum Gasteiger partial charge on any atom is -0.462 e. The van der Waals surface area contributed by atoms with Gasteiger partial charge in [-0.25, -0.2) is 9.59 Å². The molecule has 4 nitrogen and oxygen atoms in total. The number of hydrogen-bond acceptors (Lipinski definition) is 4. The molecule has 1 fully saturated rings. The Bertz CT molecular complexity index is 617. The van der Waals surface area contributed by atoms with Gasteiger partial charge in [-0.2, -0.15) is 0 Å². The zero-order valence-electron chi connectivity index (χ0n) is 18.8. The molecule has 0 amide bonds. The van der Waals surface area contributed by atoms with Gasteiger partial charge in [0.05, 0.1) is 17.7 Å². The predicted octanol–water partition coefficient (Wildman–Crippen LogP) is 7.25. The maximum Gasteiger partial charge on any atom is 0.339 e. The van der Waals surface area contributed by atoms with Crippen LogP contribution in [0, 0.1) is 0 Å². The molecule has 1 aliphatic carbocycles. The summed E-state index contributed by atoms with van der Waals surface area (Å²) in [5, 5.41) is 0. The Labute approximate surface area is 182 Å². The van der Waals surface area contributed by atoms with E-state index in [0.717, 1.165) is 38.5 Å². The summed E-state index contributed by atoms with van der Waals surface area (Å²) in [6.07, 6.45) is 17.4. The molecule has 0 atom stereocenters. The summed E-state index contributed by atoms with van der Waals surface area (Å²) in [7, 11) is 0. The van der Waals surface area contributed by atoms with Crippen molar-refractivity contribution < 1.29 is 19.1 Å². The molecule has 1 aliphatic rings. The third-order valence-corrected chi connectivity index (χ3v) is 5.92. The molecule has 0 aliphatic heterocycles. The minimum atomic E-state index is -0.428. The van der Waals surface area contributed by atoms with Gasteiger partial charge in [-0.15, -0.1) is 0 Å². The molecule has 0 spiro atoms. The molecule has 4 heteroatoms. The van der Waals surface area contributed by atoms with Gasteiger partial charge in [-0.1, -0.05) is 83.3 Å². The first kappa shape index (κ1) is 24.4. The second-order valence-corrected chi connectivity index (χ2v) is 8.53. The van der Waals surface area contributed by atoms with Gasteiger partial charge < -0.3 is 9.47 Å². The molecule has 0 unspecified atom stereocenters. The van der Waals surface area contributed by atoms with Crippen LogP contribution >= 0.6 is 0 Å². The lowest BCUT2D eigenvalue weighted by Gasteiger charge is -2.16. The van der Waals surface area contributed by atoms with Gasteiger partial charge in [0.25, 0.3) is 0 Å². The molecular weight excluding hydrogens is 376 g/mol. The van der Waals surface area contributed by atoms with Crippen molar-refractivity contribution in [2.24, 2.45) is 0 Å². The summed E-state index contributed by atoms with van der Waals surface area (Å²) in [4.78, 5) is 25.2. The Morgan fingerprint density at radius 3 is 1.90 bits per heavy atom. The number of benzene rings is 1. The number of ether oxygens (including phenoxy) is 2. The van der Waals surface area contributed by atoms with E-state index in [1.807, 2.05) is 0 Å². The van der Waals surface area contributed by atoms with Gasteiger partial charge in [0, 0.05) is 0 Å². The van der Waals surface area contributed by atoms with E-state index in [9.17, 15) is 9.59 Å². The third-order valence-electron chi connectivity index (χ3n) is 5.92. The summed E-state index contributed by atoms with van der Waals surface area (Å²) in [6.45, 7) is 2.64. The number of unbranched alkanes of at least 4 members (excludes halogenated alkanes) is 8. The fourth-order valence-corrected chi connectivity index (χ4v) is 4.07. The summed E-state index contributed by atoms with van der Waals surface area (Å²) in [6, 6.07) is 6.84. The van der Waals surface area contributed by atoms with Crippen LogP contribution < -0.4 is 0 Å². The lowest BCUT2D eigenvalue weighted by Crippen LogP contribution is -2.20. The molecule has 30 heavy (non-hydrogen) atoms. The highest BCUT2D eigenvalue weighted by molar-refractivity contribution is 6.03. The van der Waals surface area contributed by atoms with Crippen LogP contribution in [-0.2, 0) is 9.47 Å². The van der Waals surface area contributed by atoms with E-state index >= 15 is 0 Å². The van der Waals surface area contributed by atoms with E-state index in [-0.39, 0.29) is 6.10 Å². The van der Waals surface area contributed by atoms with E-state index in [1.54, 1.807) is 24.3 Å². The first-order chi connectivity index (χ1) is 14.7. The Morgan fingerprint density at radius 1 is 0.767 bits per heavy atom. The normalized spacial score (nSPS) is 14.8. The number of esters is 2. The summed E-state index contributed by atoms with van der Waals surface area (Å²) in [5.41, 5.74) is 0.630.